The molecule has 1 amide bonds. The van der Waals surface area contributed by atoms with Crippen molar-refractivity contribution in [3.8, 4) is 5.69 Å². The number of carbonyl (C=O) groups excluding carboxylic acids is 1. The minimum Gasteiger partial charge on any atom is -0.325 e. The van der Waals surface area contributed by atoms with Crippen molar-refractivity contribution >= 4 is 34.4 Å². The quantitative estimate of drug-likeness (QED) is 0.586. The van der Waals surface area contributed by atoms with Gasteiger partial charge in [0.05, 0.1) is 5.69 Å². The lowest BCUT2D eigenvalue weighted by atomic mass is 10.3. The minimum atomic E-state index is -0.448. The zero-order chi connectivity index (χ0) is 18.8. The Morgan fingerprint density at radius 2 is 1.93 bits per heavy atom. The first-order valence-electron chi connectivity index (χ1n) is 8.03. The van der Waals surface area contributed by atoms with Gasteiger partial charge in [0.25, 0.3) is 5.56 Å². The van der Waals surface area contributed by atoms with Crippen molar-refractivity contribution in [1.29, 1.82) is 0 Å². The number of carbonyl (C=O) groups is 1. The van der Waals surface area contributed by atoms with E-state index in [-0.39, 0.29) is 18.0 Å². The molecule has 0 bridgehead atoms. The molecule has 0 unspecified atom stereocenters. The normalized spacial score (nSPS) is 10.9. The van der Waals surface area contributed by atoms with Gasteiger partial charge in [-0.3, -0.25) is 14.2 Å². The van der Waals surface area contributed by atoms with Gasteiger partial charge >= 0.3 is 0 Å². The maximum atomic E-state index is 12.6. The molecule has 0 fully saturated rings. The predicted octanol–water partition coefficient (Wildman–Crippen LogP) is 2.27. The molecule has 4 aromatic rings. The molecule has 0 aliphatic heterocycles. The average molecular weight is 381 g/mol. The van der Waals surface area contributed by atoms with Gasteiger partial charge < -0.3 is 5.32 Å². The lowest BCUT2D eigenvalue weighted by molar-refractivity contribution is -0.116. The largest absolute Gasteiger partial charge is 0.325 e. The third kappa shape index (κ3) is 3.42. The minimum absolute atomic E-state index is 0.0741. The molecular formula is C18H13ClN6O2. The van der Waals surface area contributed by atoms with Gasteiger partial charge in [-0.15, -0.1) is 5.10 Å². The second-order valence-corrected chi connectivity index (χ2v) is 6.18. The summed E-state index contributed by atoms with van der Waals surface area (Å²) in [6, 6.07) is 16.0. The van der Waals surface area contributed by atoms with Crippen molar-refractivity contribution in [3.05, 3.63) is 76.3 Å². The number of hydrogen-bond acceptors (Lipinski definition) is 5. The fourth-order valence-electron chi connectivity index (χ4n) is 2.62. The second kappa shape index (κ2) is 7.00. The fourth-order valence-corrected chi connectivity index (χ4v) is 2.80. The van der Waals surface area contributed by atoms with Crippen LogP contribution in [-0.4, -0.2) is 30.5 Å². The third-order valence-corrected chi connectivity index (χ3v) is 4.09. The first-order valence-corrected chi connectivity index (χ1v) is 8.41. The van der Waals surface area contributed by atoms with E-state index in [1.54, 1.807) is 36.4 Å². The van der Waals surface area contributed by atoms with Gasteiger partial charge in [0, 0.05) is 10.7 Å². The predicted molar refractivity (Wildman–Crippen MR) is 101 cm³/mol. The van der Waals surface area contributed by atoms with Crippen LogP contribution in [0.15, 0.2) is 65.7 Å². The Bertz CT molecular complexity index is 1190. The Morgan fingerprint density at radius 3 is 2.70 bits per heavy atom. The Hall–Kier alpha value is -3.52. The van der Waals surface area contributed by atoms with Gasteiger partial charge in [-0.25, -0.2) is 4.98 Å². The number of benzene rings is 2. The average Bonchev–Trinajstić information content (AvgIpc) is 3.10. The molecule has 0 saturated heterocycles. The van der Waals surface area contributed by atoms with Gasteiger partial charge in [-0.2, -0.15) is 4.68 Å². The summed E-state index contributed by atoms with van der Waals surface area (Å²) >= 11 is 6.00. The summed E-state index contributed by atoms with van der Waals surface area (Å²) in [6.07, 6.45) is 1.31. The molecule has 0 aliphatic carbocycles. The van der Waals surface area contributed by atoms with Crippen LogP contribution in [0.4, 0.5) is 5.69 Å². The molecule has 0 spiro atoms. The summed E-state index contributed by atoms with van der Waals surface area (Å²) in [5.41, 5.74) is 1.21. The van der Waals surface area contributed by atoms with Crippen LogP contribution in [0.25, 0.3) is 16.9 Å². The van der Waals surface area contributed by atoms with E-state index in [1.165, 1.54) is 15.6 Å². The van der Waals surface area contributed by atoms with E-state index in [0.717, 1.165) is 0 Å². The highest BCUT2D eigenvalue weighted by Crippen LogP contribution is 2.16. The first kappa shape index (κ1) is 16.9. The van der Waals surface area contributed by atoms with E-state index in [4.69, 9.17) is 11.6 Å². The van der Waals surface area contributed by atoms with Crippen molar-refractivity contribution < 1.29 is 4.79 Å². The Labute approximate surface area is 158 Å². The van der Waals surface area contributed by atoms with Crippen molar-refractivity contribution in [3.63, 3.8) is 0 Å². The zero-order valence-corrected chi connectivity index (χ0v) is 14.7. The molecule has 0 aliphatic rings. The highest BCUT2D eigenvalue weighted by Gasteiger charge is 2.15. The number of nitrogens with one attached hydrogen (secondary N) is 1. The SMILES string of the molecule is O=C(Cn1cnc2c(nnn2-c2cccc(Cl)c2)c1=O)Nc1ccccc1. The van der Waals surface area contributed by atoms with Crippen LogP contribution in [0.1, 0.15) is 0 Å². The molecule has 0 atom stereocenters. The van der Waals surface area contributed by atoms with Crippen molar-refractivity contribution in [1.82, 2.24) is 24.5 Å². The Balaban J connectivity index is 1.63. The number of halogens is 1. The highest BCUT2D eigenvalue weighted by molar-refractivity contribution is 6.30. The molecule has 0 saturated carbocycles. The number of fused-ring (bicyclic) bond motifs is 1. The lowest BCUT2D eigenvalue weighted by Gasteiger charge is -2.07. The van der Waals surface area contributed by atoms with Crippen molar-refractivity contribution in [2.75, 3.05) is 5.32 Å². The summed E-state index contributed by atoms with van der Waals surface area (Å²) in [4.78, 5) is 29.1. The van der Waals surface area contributed by atoms with E-state index in [9.17, 15) is 9.59 Å². The number of nitrogens with zero attached hydrogens (tertiary/aromatic N) is 5. The van der Waals surface area contributed by atoms with Crippen molar-refractivity contribution in [2.24, 2.45) is 0 Å². The second-order valence-electron chi connectivity index (χ2n) is 5.75. The van der Waals surface area contributed by atoms with Gasteiger partial charge in [0.1, 0.15) is 12.9 Å². The highest BCUT2D eigenvalue weighted by atomic mass is 35.5. The molecular weight excluding hydrogens is 368 g/mol. The smallest absolute Gasteiger partial charge is 0.284 e. The van der Waals surface area contributed by atoms with Crippen LogP contribution < -0.4 is 10.9 Å². The Morgan fingerprint density at radius 1 is 1.11 bits per heavy atom. The molecule has 9 heteroatoms. The molecule has 2 aromatic heterocycles. The number of para-hydroxylation sites is 1. The molecule has 0 radical (unpaired) electrons. The van der Waals surface area contributed by atoms with Gasteiger partial charge in [-0.05, 0) is 30.3 Å². The number of amides is 1. The van der Waals surface area contributed by atoms with E-state index in [1.807, 2.05) is 18.2 Å². The van der Waals surface area contributed by atoms with Crippen LogP contribution in [0.2, 0.25) is 5.02 Å². The molecule has 1 N–H and O–H groups in total. The zero-order valence-electron chi connectivity index (χ0n) is 13.9. The number of hydrogen-bond donors (Lipinski definition) is 1. The fraction of sp³-hybridized carbons (Fsp3) is 0.0556. The standard InChI is InChI=1S/C18H13ClN6O2/c19-12-5-4-8-14(9-12)25-17-16(22-23-25)18(27)24(11-20-17)10-15(26)21-13-6-2-1-3-7-13/h1-9,11H,10H2,(H,21,26). The number of anilines is 1. The van der Waals surface area contributed by atoms with E-state index < -0.39 is 5.56 Å². The summed E-state index contributed by atoms with van der Waals surface area (Å²) < 4.78 is 2.62. The molecule has 2 aromatic carbocycles. The Kier molecular flexibility index (Phi) is 4.39. The van der Waals surface area contributed by atoms with Crippen molar-refractivity contribution in [2.45, 2.75) is 6.54 Å². The van der Waals surface area contributed by atoms with E-state index >= 15 is 0 Å². The van der Waals surface area contributed by atoms with Crippen LogP contribution in [-0.2, 0) is 11.3 Å². The maximum absolute atomic E-state index is 12.6. The third-order valence-electron chi connectivity index (χ3n) is 3.85. The van der Waals surface area contributed by atoms with Gasteiger partial charge in [0.15, 0.2) is 11.2 Å². The maximum Gasteiger partial charge on any atom is 0.284 e. The van der Waals surface area contributed by atoms with E-state index in [2.05, 4.69) is 20.6 Å². The molecule has 134 valence electrons. The van der Waals surface area contributed by atoms with Gasteiger partial charge in [0.2, 0.25) is 5.91 Å². The number of aromatic nitrogens is 5. The topological polar surface area (TPSA) is 94.7 Å². The first-order chi connectivity index (χ1) is 13.1. The summed E-state index contributed by atoms with van der Waals surface area (Å²) in [7, 11) is 0. The lowest BCUT2D eigenvalue weighted by Crippen LogP contribution is -2.28. The van der Waals surface area contributed by atoms with Crippen LogP contribution in [0.3, 0.4) is 0 Å². The summed E-state index contributed by atoms with van der Waals surface area (Å²) in [6.45, 7) is -0.180. The molecule has 8 nitrogen and oxygen atoms in total. The molecule has 27 heavy (non-hydrogen) atoms. The summed E-state index contributed by atoms with van der Waals surface area (Å²) in [5.74, 6) is -0.341. The van der Waals surface area contributed by atoms with E-state index in [0.29, 0.717) is 22.0 Å². The monoisotopic (exact) mass is 380 g/mol. The number of rotatable bonds is 4. The van der Waals surface area contributed by atoms with Gasteiger partial charge in [-0.1, -0.05) is 41.1 Å². The molecule has 2 heterocycles. The molecule has 4 rings (SSSR count). The van der Waals surface area contributed by atoms with Crippen LogP contribution >= 0.6 is 11.6 Å². The summed E-state index contributed by atoms with van der Waals surface area (Å²) in [5, 5.41) is 11.2. The van der Waals surface area contributed by atoms with Crippen LogP contribution in [0, 0.1) is 0 Å². The van der Waals surface area contributed by atoms with Crippen LogP contribution in [0.5, 0.6) is 0 Å².